The van der Waals surface area contributed by atoms with Crippen LogP contribution in [0.4, 0.5) is 29.7 Å². The van der Waals surface area contributed by atoms with Gasteiger partial charge in [0.2, 0.25) is 0 Å². The quantitative estimate of drug-likeness (QED) is 0.267. The molecule has 0 spiro atoms. The zero-order valence-corrected chi connectivity index (χ0v) is 21.4. The van der Waals surface area contributed by atoms with Gasteiger partial charge in [0.05, 0.1) is 15.4 Å². The molecule has 198 valence electrons. The molecular formula is C23H17F3N4O5S3. The molecule has 0 aliphatic carbocycles. The lowest BCUT2D eigenvalue weighted by Crippen LogP contribution is -2.16. The topological polar surface area (TPSA) is 134 Å². The second kappa shape index (κ2) is 10.4. The molecule has 0 saturated heterocycles. The first-order valence-corrected chi connectivity index (χ1v) is 14.3. The smallest absolute Gasteiger partial charge is 0.322 e. The second-order valence-electron chi connectivity index (χ2n) is 7.63. The fraction of sp³-hybridized carbons (Fsp3) is 0.0435. The number of benzene rings is 3. The first-order chi connectivity index (χ1) is 17.8. The Labute approximate surface area is 219 Å². The highest BCUT2D eigenvalue weighted by molar-refractivity contribution is 7.93. The van der Waals surface area contributed by atoms with E-state index in [1.165, 1.54) is 54.7 Å². The minimum Gasteiger partial charge on any atom is -0.322 e. The number of sulfonamides is 2. The summed E-state index contributed by atoms with van der Waals surface area (Å²) in [4.78, 5) is 16.1. The normalized spacial score (nSPS) is 12.1. The fourth-order valence-corrected chi connectivity index (χ4v) is 6.03. The molecule has 0 aliphatic rings. The SMILES string of the molecule is O=C(Nc1ccc(S(=O)(=O)Nc2nccs2)cc1)c1cccc(S(=O)(=O)Nc2cccc(C(F)(F)F)c2)c1. The Bertz CT molecular complexity index is 1670. The molecule has 1 heterocycles. The number of hydrogen-bond donors (Lipinski definition) is 3. The van der Waals surface area contributed by atoms with Gasteiger partial charge in [-0.1, -0.05) is 12.1 Å². The average molecular weight is 583 g/mol. The Hall–Kier alpha value is -3.95. The lowest BCUT2D eigenvalue weighted by Gasteiger charge is -2.12. The van der Waals surface area contributed by atoms with Gasteiger partial charge in [-0.05, 0) is 60.7 Å². The Morgan fingerprint density at radius 3 is 2.13 bits per heavy atom. The summed E-state index contributed by atoms with van der Waals surface area (Å²) in [5.74, 6) is -0.697. The molecule has 9 nitrogen and oxygen atoms in total. The van der Waals surface area contributed by atoms with Crippen LogP contribution in [0.2, 0.25) is 0 Å². The van der Waals surface area contributed by atoms with Gasteiger partial charge < -0.3 is 5.32 Å². The van der Waals surface area contributed by atoms with Gasteiger partial charge >= 0.3 is 6.18 Å². The largest absolute Gasteiger partial charge is 0.416 e. The van der Waals surface area contributed by atoms with E-state index in [2.05, 4.69) is 19.7 Å². The van der Waals surface area contributed by atoms with Gasteiger partial charge in [0.15, 0.2) is 5.13 Å². The first-order valence-electron chi connectivity index (χ1n) is 10.5. The number of nitrogens with one attached hydrogen (secondary N) is 3. The number of nitrogens with zero attached hydrogens (tertiary/aromatic N) is 1. The van der Waals surface area contributed by atoms with Crippen molar-refractivity contribution in [3.63, 3.8) is 0 Å². The number of halogens is 3. The summed E-state index contributed by atoms with van der Waals surface area (Å²) in [6.07, 6.45) is -3.21. The van der Waals surface area contributed by atoms with Crippen molar-refractivity contribution in [3.05, 3.63) is 95.5 Å². The molecule has 1 aromatic heterocycles. The van der Waals surface area contributed by atoms with Gasteiger partial charge in [-0.15, -0.1) is 11.3 Å². The Balaban J connectivity index is 1.47. The highest BCUT2D eigenvalue weighted by Crippen LogP contribution is 2.31. The summed E-state index contributed by atoms with van der Waals surface area (Å²) >= 11 is 1.11. The molecule has 0 unspecified atom stereocenters. The van der Waals surface area contributed by atoms with Crippen LogP contribution >= 0.6 is 11.3 Å². The molecular weight excluding hydrogens is 565 g/mol. The van der Waals surface area contributed by atoms with Crippen molar-refractivity contribution in [1.29, 1.82) is 0 Å². The Kier molecular flexibility index (Phi) is 7.44. The van der Waals surface area contributed by atoms with Crippen LogP contribution in [0.25, 0.3) is 0 Å². The number of rotatable bonds is 8. The molecule has 4 rings (SSSR count). The summed E-state index contributed by atoms with van der Waals surface area (Å²) in [7, 11) is -8.21. The van der Waals surface area contributed by atoms with Crippen LogP contribution in [0.1, 0.15) is 15.9 Å². The van der Waals surface area contributed by atoms with Crippen molar-refractivity contribution in [3.8, 4) is 0 Å². The van der Waals surface area contributed by atoms with E-state index in [0.717, 1.165) is 29.5 Å². The average Bonchev–Trinajstić information content (AvgIpc) is 3.36. The molecule has 3 N–H and O–H groups in total. The van der Waals surface area contributed by atoms with Gasteiger partial charge in [-0.25, -0.2) is 21.8 Å². The van der Waals surface area contributed by atoms with E-state index in [-0.39, 0.29) is 31.9 Å². The molecule has 0 fully saturated rings. The van der Waals surface area contributed by atoms with Crippen LogP contribution < -0.4 is 14.8 Å². The maximum atomic E-state index is 12.9. The predicted molar refractivity (Wildman–Crippen MR) is 136 cm³/mol. The highest BCUT2D eigenvalue weighted by Gasteiger charge is 2.30. The van der Waals surface area contributed by atoms with Crippen molar-refractivity contribution in [2.24, 2.45) is 0 Å². The van der Waals surface area contributed by atoms with Crippen LogP contribution in [0.3, 0.4) is 0 Å². The van der Waals surface area contributed by atoms with E-state index in [1.807, 2.05) is 0 Å². The lowest BCUT2D eigenvalue weighted by molar-refractivity contribution is -0.137. The van der Waals surface area contributed by atoms with E-state index < -0.39 is 37.7 Å². The number of anilines is 3. The first kappa shape index (κ1) is 27.1. The van der Waals surface area contributed by atoms with E-state index >= 15 is 0 Å². The standard InChI is InChI=1S/C23H17F3N4O5S3/c24-23(25,26)16-4-2-5-18(14-16)29-38(34,35)20-6-1-3-15(13-20)21(31)28-17-7-9-19(10-8-17)37(32,33)30-22-27-11-12-36-22/h1-14,29H,(H,27,30)(H,28,31). The van der Waals surface area contributed by atoms with E-state index in [4.69, 9.17) is 0 Å². The third-order valence-corrected chi connectivity index (χ3v) is 8.48. The Morgan fingerprint density at radius 2 is 1.47 bits per heavy atom. The molecule has 0 bridgehead atoms. The number of carbonyl (C=O) groups is 1. The number of alkyl halides is 3. The Morgan fingerprint density at radius 1 is 0.789 bits per heavy atom. The van der Waals surface area contributed by atoms with Crippen molar-refractivity contribution in [2.75, 3.05) is 14.8 Å². The van der Waals surface area contributed by atoms with Crippen molar-refractivity contribution in [2.45, 2.75) is 16.0 Å². The van der Waals surface area contributed by atoms with Crippen LogP contribution in [-0.2, 0) is 26.2 Å². The number of carbonyl (C=O) groups excluding carboxylic acids is 1. The summed E-state index contributed by atoms with van der Waals surface area (Å²) in [5, 5.41) is 4.33. The van der Waals surface area contributed by atoms with Gasteiger partial charge in [-0.3, -0.25) is 14.2 Å². The maximum absolute atomic E-state index is 12.9. The molecule has 15 heteroatoms. The number of thiazole rings is 1. The summed E-state index contributed by atoms with van der Waals surface area (Å²) in [6, 6.07) is 13.8. The number of amides is 1. The minimum atomic E-state index is -4.65. The molecule has 0 atom stereocenters. The minimum absolute atomic E-state index is 0.0564. The summed E-state index contributed by atoms with van der Waals surface area (Å²) < 4.78 is 93.6. The number of hydrogen-bond acceptors (Lipinski definition) is 7. The predicted octanol–water partition coefficient (Wildman–Crippen LogP) is 5.02. The summed E-state index contributed by atoms with van der Waals surface area (Å²) in [6.45, 7) is 0. The van der Waals surface area contributed by atoms with Crippen molar-refractivity contribution >= 4 is 53.8 Å². The van der Waals surface area contributed by atoms with E-state index in [1.54, 1.807) is 5.38 Å². The van der Waals surface area contributed by atoms with Gasteiger partial charge in [0.1, 0.15) is 0 Å². The maximum Gasteiger partial charge on any atom is 0.416 e. The van der Waals surface area contributed by atoms with Crippen molar-refractivity contribution in [1.82, 2.24) is 4.98 Å². The van der Waals surface area contributed by atoms with Crippen LogP contribution in [0, 0.1) is 0 Å². The highest BCUT2D eigenvalue weighted by atomic mass is 32.2. The van der Waals surface area contributed by atoms with Gasteiger partial charge in [-0.2, -0.15) is 13.2 Å². The zero-order chi connectivity index (χ0) is 27.6. The lowest BCUT2D eigenvalue weighted by atomic mass is 10.2. The van der Waals surface area contributed by atoms with E-state index in [9.17, 15) is 34.8 Å². The van der Waals surface area contributed by atoms with Gasteiger partial charge in [0.25, 0.3) is 26.0 Å². The van der Waals surface area contributed by atoms with Crippen LogP contribution in [-0.4, -0.2) is 27.7 Å². The zero-order valence-electron chi connectivity index (χ0n) is 18.9. The van der Waals surface area contributed by atoms with Crippen LogP contribution in [0.15, 0.2) is 94.2 Å². The number of aromatic nitrogens is 1. The molecule has 1 amide bonds. The van der Waals surface area contributed by atoms with Gasteiger partial charge in [0, 0.05) is 28.5 Å². The third-order valence-electron chi connectivity index (χ3n) is 4.93. The molecule has 4 aromatic rings. The van der Waals surface area contributed by atoms with E-state index in [0.29, 0.717) is 6.07 Å². The molecule has 0 aliphatic heterocycles. The third kappa shape index (κ3) is 6.48. The van der Waals surface area contributed by atoms with Crippen molar-refractivity contribution < 1.29 is 34.8 Å². The fourth-order valence-electron chi connectivity index (χ4n) is 3.15. The molecule has 0 saturated carbocycles. The second-order valence-corrected chi connectivity index (χ2v) is 11.9. The molecule has 38 heavy (non-hydrogen) atoms. The van der Waals surface area contributed by atoms with Crippen LogP contribution in [0.5, 0.6) is 0 Å². The monoisotopic (exact) mass is 582 g/mol. The molecule has 0 radical (unpaired) electrons. The molecule has 3 aromatic carbocycles. The summed E-state index contributed by atoms with van der Waals surface area (Å²) in [5.41, 5.74) is -1.14.